The Labute approximate surface area is 112 Å². The monoisotopic (exact) mass is 262 g/mol. The molecule has 1 heterocycles. The summed E-state index contributed by atoms with van der Waals surface area (Å²) >= 11 is 0. The summed E-state index contributed by atoms with van der Waals surface area (Å²) in [6.45, 7) is 2.92. The molecule has 0 radical (unpaired) electrons. The van der Waals surface area contributed by atoms with Crippen LogP contribution in [-0.4, -0.2) is 47.6 Å². The zero-order chi connectivity index (χ0) is 13.8. The Bertz CT molecular complexity index is 455. The van der Waals surface area contributed by atoms with Crippen molar-refractivity contribution < 1.29 is 14.7 Å². The van der Waals surface area contributed by atoms with Gasteiger partial charge in [-0.2, -0.15) is 0 Å². The number of nitrogens with one attached hydrogen (secondary N) is 1. The van der Waals surface area contributed by atoms with Gasteiger partial charge >= 0.3 is 0 Å². The highest BCUT2D eigenvalue weighted by molar-refractivity contribution is 5.97. The Balaban J connectivity index is 1.86. The van der Waals surface area contributed by atoms with Crippen LogP contribution in [0.2, 0.25) is 0 Å². The molecule has 5 nitrogen and oxygen atoms in total. The van der Waals surface area contributed by atoms with Crippen molar-refractivity contribution in [3.63, 3.8) is 0 Å². The largest absolute Gasteiger partial charge is 0.396 e. The van der Waals surface area contributed by atoms with Gasteiger partial charge in [-0.3, -0.25) is 9.59 Å². The molecule has 5 heteroatoms. The summed E-state index contributed by atoms with van der Waals surface area (Å²) in [5.41, 5.74) is 0.541. The summed E-state index contributed by atoms with van der Waals surface area (Å²) in [6, 6.07) is 8.26. The molecule has 1 saturated heterocycles. The van der Waals surface area contributed by atoms with Crippen molar-refractivity contribution in [2.45, 2.75) is 13.0 Å². The first kappa shape index (κ1) is 13.5. The average molecular weight is 262 g/mol. The molecule has 0 spiro atoms. The van der Waals surface area contributed by atoms with Crippen molar-refractivity contribution in [1.82, 2.24) is 10.2 Å². The van der Waals surface area contributed by atoms with Gasteiger partial charge < -0.3 is 15.3 Å². The average Bonchev–Trinajstić information content (AvgIpc) is 2.38. The van der Waals surface area contributed by atoms with Gasteiger partial charge in [-0.15, -0.1) is 0 Å². The lowest BCUT2D eigenvalue weighted by Gasteiger charge is -2.39. The van der Waals surface area contributed by atoms with Crippen molar-refractivity contribution in [2.75, 3.05) is 19.7 Å². The molecule has 2 rings (SSSR count). The topological polar surface area (TPSA) is 69.6 Å². The van der Waals surface area contributed by atoms with Crippen molar-refractivity contribution in [2.24, 2.45) is 5.92 Å². The van der Waals surface area contributed by atoms with E-state index in [0.29, 0.717) is 18.7 Å². The number of carbonyl (C=O) groups is 2. The smallest absolute Gasteiger partial charge is 0.251 e. The van der Waals surface area contributed by atoms with E-state index in [1.807, 2.05) is 6.07 Å². The van der Waals surface area contributed by atoms with Gasteiger partial charge in [0, 0.05) is 31.2 Å². The van der Waals surface area contributed by atoms with Crippen molar-refractivity contribution >= 4 is 11.8 Å². The predicted molar refractivity (Wildman–Crippen MR) is 70.5 cm³/mol. The molecule has 1 aromatic rings. The normalized spacial score (nSPS) is 16.6. The predicted octanol–water partition coefficient (Wildman–Crippen LogP) is 0.256. The number of carbonyl (C=O) groups excluding carboxylic acids is 2. The van der Waals surface area contributed by atoms with Crippen LogP contribution in [0.1, 0.15) is 17.3 Å². The summed E-state index contributed by atoms with van der Waals surface area (Å²) in [5, 5.41) is 11.6. The molecule has 102 valence electrons. The summed E-state index contributed by atoms with van der Waals surface area (Å²) in [7, 11) is 0. The van der Waals surface area contributed by atoms with Crippen LogP contribution in [0, 0.1) is 5.92 Å². The zero-order valence-electron chi connectivity index (χ0n) is 10.9. The van der Waals surface area contributed by atoms with Crippen LogP contribution in [0.15, 0.2) is 30.3 Å². The molecule has 1 fully saturated rings. The van der Waals surface area contributed by atoms with Crippen molar-refractivity contribution in [3.05, 3.63) is 35.9 Å². The Morgan fingerprint density at radius 2 is 2.00 bits per heavy atom. The van der Waals surface area contributed by atoms with Crippen LogP contribution in [-0.2, 0) is 4.79 Å². The minimum atomic E-state index is -0.549. The lowest BCUT2D eigenvalue weighted by molar-refractivity contribution is -0.140. The van der Waals surface area contributed by atoms with Gasteiger partial charge in [0.05, 0.1) is 0 Å². The first-order valence-corrected chi connectivity index (χ1v) is 6.37. The van der Waals surface area contributed by atoms with Crippen molar-refractivity contribution in [1.29, 1.82) is 0 Å². The second-order valence-corrected chi connectivity index (χ2v) is 4.85. The molecule has 0 bridgehead atoms. The lowest BCUT2D eigenvalue weighted by atomic mass is 10.0. The van der Waals surface area contributed by atoms with Crippen LogP contribution >= 0.6 is 0 Å². The molecule has 2 amide bonds. The fraction of sp³-hybridized carbons (Fsp3) is 0.429. The molecule has 0 saturated carbocycles. The van der Waals surface area contributed by atoms with Gasteiger partial charge in [0.15, 0.2) is 0 Å². The number of hydrogen-bond acceptors (Lipinski definition) is 3. The molecule has 1 aliphatic rings. The molecule has 1 unspecified atom stereocenters. The number of aliphatic hydroxyl groups excluding tert-OH is 1. The third-order valence-electron chi connectivity index (χ3n) is 3.28. The highest BCUT2D eigenvalue weighted by Crippen LogP contribution is 2.15. The fourth-order valence-corrected chi connectivity index (χ4v) is 2.07. The van der Waals surface area contributed by atoms with E-state index in [2.05, 4.69) is 5.32 Å². The van der Waals surface area contributed by atoms with E-state index in [9.17, 15) is 9.59 Å². The minimum Gasteiger partial charge on any atom is -0.396 e. The first-order valence-electron chi connectivity index (χ1n) is 6.37. The molecule has 0 aliphatic carbocycles. The van der Waals surface area contributed by atoms with Gasteiger partial charge in [0.25, 0.3) is 5.91 Å². The van der Waals surface area contributed by atoms with E-state index in [-0.39, 0.29) is 24.3 Å². The third-order valence-corrected chi connectivity index (χ3v) is 3.28. The number of hydrogen-bond donors (Lipinski definition) is 2. The van der Waals surface area contributed by atoms with Crippen LogP contribution < -0.4 is 5.32 Å². The Morgan fingerprint density at radius 3 is 2.58 bits per heavy atom. The molecule has 1 aliphatic heterocycles. The molecular formula is C14H18N2O3. The van der Waals surface area contributed by atoms with Crippen LogP contribution in [0.4, 0.5) is 0 Å². The van der Waals surface area contributed by atoms with E-state index in [0.717, 1.165) is 0 Å². The van der Waals surface area contributed by atoms with Crippen LogP contribution in [0.25, 0.3) is 0 Å². The molecule has 2 N–H and O–H groups in total. The number of aliphatic hydroxyl groups is 1. The lowest BCUT2D eigenvalue weighted by Crippen LogP contribution is -2.57. The van der Waals surface area contributed by atoms with Gasteiger partial charge in [0.2, 0.25) is 5.91 Å². The van der Waals surface area contributed by atoms with E-state index >= 15 is 0 Å². The van der Waals surface area contributed by atoms with E-state index in [1.54, 1.807) is 36.1 Å². The van der Waals surface area contributed by atoms with Gasteiger partial charge in [-0.05, 0) is 19.1 Å². The third kappa shape index (κ3) is 3.12. The molecule has 1 aromatic carbocycles. The second-order valence-electron chi connectivity index (χ2n) is 4.85. The summed E-state index contributed by atoms with van der Waals surface area (Å²) in [6.07, 6.45) is 0. The fourth-order valence-electron chi connectivity index (χ4n) is 2.07. The van der Waals surface area contributed by atoms with Crippen molar-refractivity contribution in [3.8, 4) is 0 Å². The quantitative estimate of drug-likeness (QED) is 0.817. The van der Waals surface area contributed by atoms with E-state index in [4.69, 9.17) is 5.11 Å². The number of rotatable bonds is 4. The maximum absolute atomic E-state index is 12.0. The highest BCUT2D eigenvalue weighted by atomic mass is 16.3. The van der Waals surface area contributed by atoms with Gasteiger partial charge in [-0.1, -0.05) is 18.2 Å². The molecule has 0 aromatic heterocycles. The number of benzene rings is 1. The zero-order valence-corrected chi connectivity index (χ0v) is 10.9. The minimum absolute atomic E-state index is 0.103. The van der Waals surface area contributed by atoms with Crippen LogP contribution in [0.3, 0.4) is 0 Å². The SMILES string of the molecule is CC(NC(=O)c1ccccc1)C(=O)N1CC(CO)C1. The van der Waals surface area contributed by atoms with Gasteiger partial charge in [-0.25, -0.2) is 0 Å². The first-order chi connectivity index (χ1) is 9.11. The maximum atomic E-state index is 12.0. The van der Waals surface area contributed by atoms with E-state index in [1.165, 1.54) is 0 Å². The summed E-state index contributed by atoms with van der Waals surface area (Å²) in [4.78, 5) is 25.5. The maximum Gasteiger partial charge on any atom is 0.251 e. The Morgan fingerprint density at radius 1 is 1.37 bits per heavy atom. The Kier molecular flexibility index (Phi) is 4.16. The molecular weight excluding hydrogens is 244 g/mol. The van der Waals surface area contributed by atoms with E-state index < -0.39 is 6.04 Å². The molecule has 19 heavy (non-hydrogen) atoms. The number of likely N-dealkylation sites (tertiary alicyclic amines) is 1. The molecule has 1 atom stereocenters. The summed E-state index contributed by atoms with van der Waals surface area (Å²) < 4.78 is 0. The highest BCUT2D eigenvalue weighted by Gasteiger charge is 2.32. The second kappa shape index (κ2) is 5.84. The van der Waals surface area contributed by atoms with Crippen LogP contribution in [0.5, 0.6) is 0 Å². The van der Waals surface area contributed by atoms with Gasteiger partial charge in [0.1, 0.15) is 6.04 Å². The summed E-state index contributed by atoms with van der Waals surface area (Å²) in [5.74, 6) is -0.171. The number of nitrogens with zero attached hydrogens (tertiary/aromatic N) is 1. The standard InChI is InChI=1S/C14H18N2O3/c1-10(14(19)16-7-11(8-16)9-17)15-13(18)12-5-3-2-4-6-12/h2-6,10-11,17H,7-9H2,1H3,(H,15,18). The Hall–Kier alpha value is -1.88. The number of amides is 2.